The van der Waals surface area contributed by atoms with E-state index in [4.69, 9.17) is 24.1 Å². The molecule has 0 radical (unpaired) electrons. The van der Waals surface area contributed by atoms with E-state index in [0.717, 1.165) is 83.2 Å². The maximum absolute atomic E-state index is 6.62. The summed E-state index contributed by atoms with van der Waals surface area (Å²) < 4.78 is 12.7. The summed E-state index contributed by atoms with van der Waals surface area (Å²) >= 11 is 0. The zero-order chi connectivity index (χ0) is 35.6. The molecule has 0 N–H and O–H groups in total. The van der Waals surface area contributed by atoms with E-state index in [-0.39, 0.29) is 0 Å². The van der Waals surface area contributed by atoms with Gasteiger partial charge in [0.25, 0.3) is 0 Å². The lowest BCUT2D eigenvalue weighted by Gasteiger charge is -2.23. The predicted octanol–water partition coefficient (Wildman–Crippen LogP) is 13.0. The fraction of sp³-hybridized carbons (Fsp3) is 0. The van der Waals surface area contributed by atoms with Crippen molar-refractivity contribution in [1.29, 1.82) is 0 Å². The number of hydrogen-bond acceptors (Lipinski definition) is 5. The van der Waals surface area contributed by atoms with Crippen LogP contribution >= 0.6 is 0 Å². The van der Waals surface area contributed by atoms with Crippen molar-refractivity contribution in [2.45, 2.75) is 0 Å². The Balaban J connectivity index is 1.05. The van der Waals surface area contributed by atoms with Gasteiger partial charge in [0.15, 0.2) is 17.5 Å². The van der Waals surface area contributed by atoms with Crippen LogP contribution in [0.3, 0.4) is 0 Å². The lowest BCUT2D eigenvalue weighted by molar-refractivity contribution is 0.487. The molecule has 0 amide bonds. The lowest BCUT2D eigenvalue weighted by atomic mass is 9.89. The lowest BCUT2D eigenvalue weighted by Crippen LogP contribution is -2.02. The topological polar surface area (TPSA) is 61.0 Å². The Morgan fingerprint density at radius 1 is 0.315 bits per heavy atom. The molecule has 252 valence electrons. The van der Waals surface area contributed by atoms with Crippen molar-refractivity contribution < 1.29 is 9.15 Å². The molecule has 0 atom stereocenters. The molecule has 3 heterocycles. The van der Waals surface area contributed by atoms with Gasteiger partial charge in [-0.15, -0.1) is 0 Å². The smallest absolute Gasteiger partial charge is 0.164 e. The zero-order valence-corrected chi connectivity index (χ0v) is 28.9. The molecular formula is C49H29N3O2. The van der Waals surface area contributed by atoms with Gasteiger partial charge < -0.3 is 9.15 Å². The average molecular weight is 692 g/mol. The molecule has 11 rings (SSSR count). The molecular weight excluding hydrogens is 663 g/mol. The number of hydrogen-bond donors (Lipinski definition) is 0. The highest BCUT2D eigenvalue weighted by atomic mass is 16.5. The normalized spacial score (nSPS) is 11.9. The van der Waals surface area contributed by atoms with Crippen molar-refractivity contribution in [1.82, 2.24) is 15.0 Å². The van der Waals surface area contributed by atoms with Crippen molar-refractivity contribution in [2.24, 2.45) is 0 Å². The van der Waals surface area contributed by atoms with E-state index in [2.05, 4.69) is 97.1 Å². The summed E-state index contributed by atoms with van der Waals surface area (Å²) in [5.74, 6) is 3.43. The van der Waals surface area contributed by atoms with Crippen LogP contribution in [0.4, 0.5) is 0 Å². The molecule has 5 nitrogen and oxygen atoms in total. The van der Waals surface area contributed by atoms with E-state index < -0.39 is 0 Å². The minimum absolute atomic E-state index is 0.586. The highest BCUT2D eigenvalue weighted by Gasteiger charge is 2.23. The van der Waals surface area contributed by atoms with E-state index in [1.54, 1.807) is 0 Å². The number of rotatable bonds is 5. The van der Waals surface area contributed by atoms with E-state index in [1.807, 2.05) is 78.9 Å². The average Bonchev–Trinajstić information content (AvgIpc) is 3.62. The summed E-state index contributed by atoms with van der Waals surface area (Å²) in [5, 5.41) is 4.31. The zero-order valence-electron chi connectivity index (χ0n) is 28.9. The van der Waals surface area contributed by atoms with Gasteiger partial charge in [0.1, 0.15) is 22.7 Å². The Bertz CT molecular complexity index is 3080. The molecule has 2 aromatic heterocycles. The van der Waals surface area contributed by atoms with Crippen LogP contribution in [0.1, 0.15) is 0 Å². The molecule has 0 bridgehead atoms. The Kier molecular flexibility index (Phi) is 6.79. The first-order valence-electron chi connectivity index (χ1n) is 18.0. The van der Waals surface area contributed by atoms with Crippen LogP contribution < -0.4 is 4.74 Å². The van der Waals surface area contributed by atoms with Crippen molar-refractivity contribution in [2.75, 3.05) is 0 Å². The minimum atomic E-state index is 0.586. The molecule has 8 aromatic carbocycles. The van der Waals surface area contributed by atoms with E-state index in [0.29, 0.717) is 17.5 Å². The second kappa shape index (κ2) is 12.1. The van der Waals surface area contributed by atoms with Crippen molar-refractivity contribution in [3.63, 3.8) is 0 Å². The Morgan fingerprint density at radius 2 is 0.926 bits per heavy atom. The predicted molar refractivity (Wildman–Crippen MR) is 217 cm³/mol. The first-order valence-corrected chi connectivity index (χ1v) is 18.0. The van der Waals surface area contributed by atoms with Crippen molar-refractivity contribution in [3.8, 4) is 79.0 Å². The van der Waals surface area contributed by atoms with Crippen LogP contribution in [0.5, 0.6) is 11.5 Å². The van der Waals surface area contributed by atoms with Crippen LogP contribution in [0, 0.1) is 0 Å². The first kappa shape index (κ1) is 30.3. The number of para-hydroxylation sites is 1. The SMILES string of the molecule is c1ccc(-c2cccc(-c3ccc4c5c(cccc35)-c3cc(-c5nc(-c6ccccc6)nc(-c6ccc7oc8ccccc8c7c6)n5)ccc3O4)c2)cc1. The van der Waals surface area contributed by atoms with E-state index in [9.17, 15) is 0 Å². The maximum atomic E-state index is 6.62. The van der Waals surface area contributed by atoms with E-state index in [1.165, 1.54) is 11.1 Å². The Hall–Kier alpha value is -7.37. The second-order valence-corrected chi connectivity index (χ2v) is 13.6. The van der Waals surface area contributed by atoms with Crippen LogP contribution in [0.15, 0.2) is 180 Å². The maximum Gasteiger partial charge on any atom is 0.164 e. The number of aromatic nitrogens is 3. The van der Waals surface area contributed by atoms with Gasteiger partial charge in [0.05, 0.1) is 0 Å². The molecule has 0 unspecified atom stereocenters. The molecule has 10 aromatic rings. The van der Waals surface area contributed by atoms with Gasteiger partial charge in [-0.25, -0.2) is 15.0 Å². The number of nitrogens with zero attached hydrogens (tertiary/aromatic N) is 3. The van der Waals surface area contributed by atoms with Gasteiger partial charge in [-0.3, -0.25) is 0 Å². The van der Waals surface area contributed by atoms with Gasteiger partial charge in [0.2, 0.25) is 0 Å². The Morgan fingerprint density at radius 3 is 1.76 bits per heavy atom. The monoisotopic (exact) mass is 691 g/mol. The third kappa shape index (κ3) is 4.98. The quantitative estimate of drug-likeness (QED) is 0.180. The van der Waals surface area contributed by atoms with Crippen molar-refractivity contribution >= 4 is 32.7 Å². The number of furan rings is 1. The fourth-order valence-electron chi connectivity index (χ4n) is 7.74. The van der Waals surface area contributed by atoms with Gasteiger partial charge in [0, 0.05) is 38.4 Å². The molecule has 54 heavy (non-hydrogen) atoms. The van der Waals surface area contributed by atoms with Gasteiger partial charge in [-0.05, 0) is 87.8 Å². The second-order valence-electron chi connectivity index (χ2n) is 13.6. The molecule has 0 saturated heterocycles. The minimum Gasteiger partial charge on any atom is -0.456 e. The summed E-state index contributed by atoms with van der Waals surface area (Å²) in [6.45, 7) is 0. The third-order valence-corrected chi connectivity index (χ3v) is 10.3. The molecule has 0 spiro atoms. The van der Waals surface area contributed by atoms with Gasteiger partial charge in [-0.1, -0.05) is 121 Å². The summed E-state index contributed by atoms with van der Waals surface area (Å²) in [6, 6.07) is 60.5. The summed E-state index contributed by atoms with van der Waals surface area (Å²) in [7, 11) is 0. The number of benzene rings is 8. The summed E-state index contributed by atoms with van der Waals surface area (Å²) in [4.78, 5) is 15.2. The van der Waals surface area contributed by atoms with Crippen LogP contribution in [0.25, 0.3) is 100 Å². The Labute approximate surface area is 310 Å². The molecule has 5 heteroatoms. The largest absolute Gasteiger partial charge is 0.456 e. The highest BCUT2D eigenvalue weighted by Crippen LogP contribution is 2.49. The van der Waals surface area contributed by atoms with E-state index >= 15 is 0 Å². The van der Waals surface area contributed by atoms with Crippen molar-refractivity contribution in [3.05, 3.63) is 176 Å². The molecule has 1 aliphatic rings. The summed E-state index contributed by atoms with van der Waals surface area (Å²) in [5.41, 5.74) is 11.2. The van der Waals surface area contributed by atoms with Crippen LogP contribution in [0.2, 0.25) is 0 Å². The molecule has 0 saturated carbocycles. The van der Waals surface area contributed by atoms with Crippen LogP contribution in [-0.4, -0.2) is 15.0 Å². The number of fused-ring (bicyclic) bond motifs is 5. The van der Waals surface area contributed by atoms with Gasteiger partial charge in [-0.2, -0.15) is 0 Å². The van der Waals surface area contributed by atoms with Gasteiger partial charge >= 0.3 is 0 Å². The number of ether oxygens (including phenoxy) is 1. The standard InChI is InChI=1S/C49H29N3O2/c1-3-11-30(12-4-1)32-15-9-16-33(27-32)36-23-26-45-46-38(36)18-10-19-39(46)41-29-35(22-25-44(41)54-45)49-51-47(31-13-5-2-6-14-31)50-48(52-49)34-21-24-43-40(28-34)37-17-7-8-20-42(37)53-43/h1-29H. The molecule has 1 aliphatic heterocycles. The third-order valence-electron chi connectivity index (χ3n) is 10.3. The first-order chi connectivity index (χ1) is 26.7. The molecule has 0 aliphatic carbocycles. The van der Waals surface area contributed by atoms with Crippen LogP contribution in [-0.2, 0) is 0 Å². The molecule has 0 fully saturated rings. The highest BCUT2D eigenvalue weighted by molar-refractivity contribution is 6.10. The fourth-order valence-corrected chi connectivity index (χ4v) is 7.74. The summed E-state index contributed by atoms with van der Waals surface area (Å²) in [6.07, 6.45) is 0.